The Labute approximate surface area is 137 Å². The molecule has 0 aliphatic carbocycles. The number of aryl methyl sites for hydroxylation is 1. The van der Waals surface area contributed by atoms with Crippen LogP contribution in [-0.2, 0) is 15.8 Å². The molecule has 1 aliphatic rings. The van der Waals surface area contributed by atoms with Crippen LogP contribution in [0.1, 0.15) is 17.7 Å². The van der Waals surface area contributed by atoms with Crippen LogP contribution in [0, 0.1) is 6.92 Å². The average Bonchev–Trinajstić information content (AvgIpc) is 2.97. The number of ether oxygens (including phenoxy) is 1. The first-order valence-corrected chi connectivity index (χ1v) is 9.26. The molecule has 1 aromatic heterocycles. The monoisotopic (exact) mass is 332 g/mol. The highest BCUT2D eigenvalue weighted by Gasteiger charge is 2.32. The molecule has 0 radical (unpaired) electrons. The van der Waals surface area contributed by atoms with Crippen LogP contribution in [0.15, 0.2) is 48.5 Å². The van der Waals surface area contributed by atoms with Crippen molar-refractivity contribution in [3.63, 3.8) is 0 Å². The van der Waals surface area contributed by atoms with Crippen molar-refractivity contribution < 1.29 is 13.2 Å². The third-order valence-corrected chi connectivity index (χ3v) is 5.66. The van der Waals surface area contributed by atoms with Gasteiger partial charge in [0.2, 0.25) is 15.9 Å². The minimum absolute atomic E-state index is 0.0310. The molecule has 2 aromatic rings. The molecule has 1 saturated heterocycles. The Bertz CT molecular complexity index is 762. The van der Waals surface area contributed by atoms with Crippen LogP contribution < -0.4 is 4.74 Å². The molecule has 1 aliphatic heterocycles. The third kappa shape index (κ3) is 4.09. The van der Waals surface area contributed by atoms with E-state index in [-0.39, 0.29) is 11.9 Å². The summed E-state index contributed by atoms with van der Waals surface area (Å²) < 4.78 is 32.3. The van der Waals surface area contributed by atoms with Gasteiger partial charge in [-0.1, -0.05) is 36.4 Å². The van der Waals surface area contributed by atoms with Gasteiger partial charge in [-0.2, -0.15) is 4.31 Å². The highest BCUT2D eigenvalue weighted by molar-refractivity contribution is 7.88. The largest absolute Gasteiger partial charge is 0.473 e. The highest BCUT2D eigenvalue weighted by atomic mass is 32.2. The Morgan fingerprint density at radius 2 is 1.96 bits per heavy atom. The summed E-state index contributed by atoms with van der Waals surface area (Å²) in [6, 6.07) is 14.8. The lowest BCUT2D eigenvalue weighted by Gasteiger charge is -2.17. The third-order valence-electron chi connectivity index (χ3n) is 3.84. The van der Waals surface area contributed by atoms with Crippen molar-refractivity contribution in [2.75, 3.05) is 13.1 Å². The van der Waals surface area contributed by atoms with Crippen molar-refractivity contribution in [3.05, 3.63) is 59.8 Å². The van der Waals surface area contributed by atoms with Gasteiger partial charge in [-0.15, -0.1) is 0 Å². The van der Waals surface area contributed by atoms with E-state index in [0.717, 1.165) is 11.3 Å². The molecule has 1 aromatic carbocycles. The zero-order chi connectivity index (χ0) is 16.3. The smallest absolute Gasteiger partial charge is 0.218 e. The predicted molar refractivity (Wildman–Crippen MR) is 88.6 cm³/mol. The lowest BCUT2D eigenvalue weighted by Crippen LogP contribution is -2.32. The first-order chi connectivity index (χ1) is 11.0. The first kappa shape index (κ1) is 16.0. The number of hydrogen-bond acceptors (Lipinski definition) is 4. The van der Waals surface area contributed by atoms with Crippen LogP contribution in [-0.4, -0.2) is 36.9 Å². The molecule has 23 heavy (non-hydrogen) atoms. The summed E-state index contributed by atoms with van der Waals surface area (Å²) in [5.74, 6) is 0.584. The molecule has 0 spiro atoms. The van der Waals surface area contributed by atoms with Crippen LogP contribution in [0.4, 0.5) is 0 Å². The molecule has 1 atom stereocenters. The average molecular weight is 332 g/mol. The standard InChI is InChI=1S/C17H20N2O3S/c1-14-6-5-9-17(18-14)22-16-10-11-19(12-16)23(20,21)13-15-7-3-2-4-8-15/h2-9,16H,10-13H2,1H3/t16-/m0/s1. The van der Waals surface area contributed by atoms with Gasteiger partial charge in [-0.3, -0.25) is 0 Å². The molecule has 0 amide bonds. The first-order valence-electron chi connectivity index (χ1n) is 7.65. The van der Waals surface area contributed by atoms with Gasteiger partial charge in [-0.25, -0.2) is 13.4 Å². The number of sulfonamides is 1. The van der Waals surface area contributed by atoms with E-state index in [0.29, 0.717) is 25.4 Å². The topological polar surface area (TPSA) is 59.5 Å². The summed E-state index contributed by atoms with van der Waals surface area (Å²) in [5.41, 5.74) is 1.69. The fraction of sp³-hybridized carbons (Fsp3) is 0.353. The zero-order valence-electron chi connectivity index (χ0n) is 13.1. The number of pyridine rings is 1. The molecule has 5 nitrogen and oxygen atoms in total. The second kappa shape index (κ2) is 6.68. The van der Waals surface area contributed by atoms with E-state index in [9.17, 15) is 8.42 Å². The normalized spacial score (nSPS) is 18.9. The number of hydrogen-bond donors (Lipinski definition) is 0. The van der Waals surface area contributed by atoms with Crippen LogP contribution >= 0.6 is 0 Å². The Morgan fingerprint density at radius 3 is 2.70 bits per heavy atom. The van der Waals surface area contributed by atoms with Crippen molar-refractivity contribution in [2.24, 2.45) is 0 Å². The maximum Gasteiger partial charge on any atom is 0.218 e. The molecule has 0 N–H and O–H groups in total. The quantitative estimate of drug-likeness (QED) is 0.843. The fourth-order valence-corrected chi connectivity index (χ4v) is 4.25. The summed E-state index contributed by atoms with van der Waals surface area (Å²) in [7, 11) is -3.31. The molecule has 0 saturated carbocycles. The molecular formula is C17H20N2O3S. The maximum atomic E-state index is 12.5. The van der Waals surface area contributed by atoms with E-state index in [1.54, 1.807) is 6.07 Å². The number of nitrogens with zero attached hydrogens (tertiary/aromatic N) is 2. The lowest BCUT2D eigenvalue weighted by atomic mass is 10.2. The van der Waals surface area contributed by atoms with E-state index in [1.807, 2.05) is 49.4 Å². The van der Waals surface area contributed by atoms with E-state index < -0.39 is 10.0 Å². The van der Waals surface area contributed by atoms with Crippen LogP contribution in [0.5, 0.6) is 5.88 Å². The Balaban J connectivity index is 1.62. The van der Waals surface area contributed by atoms with Crippen molar-refractivity contribution in [2.45, 2.75) is 25.2 Å². The molecule has 2 heterocycles. The number of aromatic nitrogens is 1. The molecular weight excluding hydrogens is 312 g/mol. The van der Waals surface area contributed by atoms with Crippen LogP contribution in [0.25, 0.3) is 0 Å². The van der Waals surface area contributed by atoms with E-state index >= 15 is 0 Å². The minimum atomic E-state index is -3.31. The van der Waals surface area contributed by atoms with E-state index in [4.69, 9.17) is 4.74 Å². The second-order valence-corrected chi connectivity index (χ2v) is 7.71. The second-order valence-electron chi connectivity index (χ2n) is 5.75. The van der Waals surface area contributed by atoms with Gasteiger partial charge in [0.15, 0.2) is 0 Å². The number of benzene rings is 1. The molecule has 1 fully saturated rings. The summed E-state index contributed by atoms with van der Waals surface area (Å²) in [5, 5.41) is 0. The summed E-state index contributed by atoms with van der Waals surface area (Å²) in [6.45, 7) is 2.77. The van der Waals surface area contributed by atoms with Crippen molar-refractivity contribution in [3.8, 4) is 5.88 Å². The van der Waals surface area contributed by atoms with Crippen molar-refractivity contribution in [1.29, 1.82) is 0 Å². The van der Waals surface area contributed by atoms with E-state index in [2.05, 4.69) is 4.98 Å². The van der Waals surface area contributed by atoms with Gasteiger partial charge in [0, 0.05) is 18.3 Å². The molecule has 6 heteroatoms. The Hall–Kier alpha value is -1.92. The van der Waals surface area contributed by atoms with Gasteiger partial charge in [0.25, 0.3) is 0 Å². The maximum absolute atomic E-state index is 12.5. The Kier molecular flexibility index (Phi) is 4.63. The van der Waals surface area contributed by atoms with Crippen LogP contribution in [0.3, 0.4) is 0 Å². The lowest BCUT2D eigenvalue weighted by molar-refractivity contribution is 0.206. The number of rotatable bonds is 5. The summed E-state index contributed by atoms with van der Waals surface area (Å²) in [6.07, 6.45) is 0.541. The van der Waals surface area contributed by atoms with Crippen molar-refractivity contribution >= 4 is 10.0 Å². The van der Waals surface area contributed by atoms with Gasteiger partial charge in [-0.05, 0) is 25.0 Å². The molecule has 3 rings (SSSR count). The molecule has 0 unspecified atom stereocenters. The Morgan fingerprint density at radius 1 is 1.17 bits per heavy atom. The van der Waals surface area contributed by atoms with E-state index in [1.165, 1.54) is 4.31 Å². The molecule has 0 bridgehead atoms. The van der Waals surface area contributed by atoms with Crippen LogP contribution in [0.2, 0.25) is 0 Å². The highest BCUT2D eigenvalue weighted by Crippen LogP contribution is 2.21. The minimum Gasteiger partial charge on any atom is -0.473 e. The summed E-state index contributed by atoms with van der Waals surface area (Å²) in [4.78, 5) is 4.30. The molecule has 122 valence electrons. The van der Waals surface area contributed by atoms with Gasteiger partial charge in [0.05, 0.1) is 12.3 Å². The predicted octanol–water partition coefficient (Wildman–Crippen LogP) is 2.37. The fourth-order valence-electron chi connectivity index (χ4n) is 2.68. The van der Waals surface area contributed by atoms with Gasteiger partial charge >= 0.3 is 0 Å². The van der Waals surface area contributed by atoms with Crippen molar-refractivity contribution in [1.82, 2.24) is 9.29 Å². The summed E-state index contributed by atoms with van der Waals surface area (Å²) >= 11 is 0. The SMILES string of the molecule is Cc1cccc(O[C@H]2CCN(S(=O)(=O)Cc3ccccc3)C2)n1. The van der Waals surface area contributed by atoms with Gasteiger partial charge in [0.1, 0.15) is 6.10 Å². The van der Waals surface area contributed by atoms with Gasteiger partial charge < -0.3 is 4.74 Å². The zero-order valence-corrected chi connectivity index (χ0v) is 13.9.